The highest BCUT2D eigenvalue weighted by Crippen LogP contribution is 2.21. The Kier molecular flexibility index (Phi) is 7.88. The lowest BCUT2D eigenvalue weighted by molar-refractivity contribution is -0.129. The predicted octanol–water partition coefficient (Wildman–Crippen LogP) is 2.78. The first-order chi connectivity index (χ1) is 13.7. The van der Waals surface area contributed by atoms with E-state index in [-0.39, 0.29) is 18.7 Å². The number of thiophene rings is 1. The summed E-state index contributed by atoms with van der Waals surface area (Å²) in [4.78, 5) is 24.8. The number of amides is 1. The lowest BCUT2D eigenvalue weighted by Crippen LogP contribution is -2.35. The number of halogens is 1. The molecular weight excluding hydrogens is 419 g/mol. The molecule has 1 atom stereocenters. The highest BCUT2D eigenvalue weighted by atomic mass is 32.2. The van der Waals surface area contributed by atoms with Gasteiger partial charge < -0.3 is 10.1 Å². The molecule has 0 fully saturated rings. The molecule has 0 aliphatic heterocycles. The summed E-state index contributed by atoms with van der Waals surface area (Å²) in [5.74, 6) is -2.38. The standard InChI is InChI=1S/C19H23FN2O5S2/c1-4-22(5-2)29(25,26)17-11-14(8-9-16(17)20)19(24)27-13(3)18(23)21-12-15-7-6-10-28-15/h6-11,13H,4-5,12H2,1-3H3,(H,21,23). The van der Waals surface area contributed by atoms with Crippen molar-refractivity contribution in [1.29, 1.82) is 0 Å². The summed E-state index contributed by atoms with van der Waals surface area (Å²) in [6, 6.07) is 6.66. The molecule has 7 nitrogen and oxygen atoms in total. The van der Waals surface area contributed by atoms with Gasteiger partial charge in [-0.1, -0.05) is 19.9 Å². The predicted molar refractivity (Wildman–Crippen MR) is 108 cm³/mol. The largest absolute Gasteiger partial charge is 0.449 e. The normalized spacial score (nSPS) is 12.6. The van der Waals surface area contributed by atoms with E-state index in [0.29, 0.717) is 6.54 Å². The van der Waals surface area contributed by atoms with Crippen molar-refractivity contribution >= 4 is 33.2 Å². The molecule has 0 saturated heterocycles. The topological polar surface area (TPSA) is 92.8 Å². The number of esters is 1. The Morgan fingerprint density at radius 1 is 1.24 bits per heavy atom. The van der Waals surface area contributed by atoms with Gasteiger partial charge in [0.1, 0.15) is 10.7 Å². The Hall–Kier alpha value is -2.30. The molecular formula is C19H23FN2O5S2. The zero-order valence-electron chi connectivity index (χ0n) is 16.3. The average molecular weight is 443 g/mol. The van der Waals surface area contributed by atoms with Crippen LogP contribution in [0, 0.1) is 5.82 Å². The number of hydrogen-bond donors (Lipinski definition) is 1. The number of carbonyl (C=O) groups is 2. The van der Waals surface area contributed by atoms with Crippen molar-refractivity contribution in [3.8, 4) is 0 Å². The monoisotopic (exact) mass is 442 g/mol. The minimum absolute atomic E-state index is 0.157. The van der Waals surface area contributed by atoms with Crippen LogP contribution in [0.1, 0.15) is 36.0 Å². The minimum Gasteiger partial charge on any atom is -0.449 e. The van der Waals surface area contributed by atoms with Crippen LogP contribution in [0.3, 0.4) is 0 Å². The zero-order valence-corrected chi connectivity index (χ0v) is 18.0. The fourth-order valence-corrected chi connectivity index (χ4v) is 4.74. The molecule has 0 spiro atoms. The Bertz CT molecular complexity index is 957. The second-order valence-corrected chi connectivity index (χ2v) is 9.02. The molecule has 1 amide bonds. The van der Waals surface area contributed by atoms with E-state index < -0.39 is 38.7 Å². The maximum absolute atomic E-state index is 14.2. The van der Waals surface area contributed by atoms with Gasteiger partial charge >= 0.3 is 5.97 Å². The first kappa shape index (κ1) is 23.0. The average Bonchev–Trinajstić information content (AvgIpc) is 3.20. The zero-order chi connectivity index (χ0) is 21.6. The van der Waals surface area contributed by atoms with Crippen LogP contribution in [0.25, 0.3) is 0 Å². The van der Waals surface area contributed by atoms with Gasteiger partial charge in [0.2, 0.25) is 10.0 Å². The summed E-state index contributed by atoms with van der Waals surface area (Å²) in [5, 5.41) is 4.53. The molecule has 0 saturated carbocycles. The summed E-state index contributed by atoms with van der Waals surface area (Å²) < 4.78 is 45.5. The van der Waals surface area contributed by atoms with E-state index in [1.54, 1.807) is 13.8 Å². The third kappa shape index (κ3) is 5.62. The SMILES string of the molecule is CCN(CC)S(=O)(=O)c1cc(C(=O)OC(C)C(=O)NCc2cccs2)ccc1F. The van der Waals surface area contributed by atoms with Crippen molar-refractivity contribution in [2.45, 2.75) is 38.3 Å². The quantitative estimate of drug-likeness (QED) is 0.603. The van der Waals surface area contributed by atoms with E-state index in [4.69, 9.17) is 4.74 Å². The number of carbonyl (C=O) groups excluding carboxylic acids is 2. The molecule has 0 radical (unpaired) electrons. The van der Waals surface area contributed by atoms with E-state index in [1.165, 1.54) is 18.3 Å². The lowest BCUT2D eigenvalue weighted by atomic mass is 10.2. The number of hydrogen-bond acceptors (Lipinski definition) is 6. The number of sulfonamides is 1. The molecule has 29 heavy (non-hydrogen) atoms. The maximum atomic E-state index is 14.2. The molecule has 2 rings (SSSR count). The van der Waals surface area contributed by atoms with Crippen molar-refractivity contribution < 1.29 is 27.1 Å². The fourth-order valence-electron chi connectivity index (χ4n) is 2.54. The summed E-state index contributed by atoms with van der Waals surface area (Å²) in [6.45, 7) is 5.30. The Morgan fingerprint density at radius 3 is 2.52 bits per heavy atom. The highest BCUT2D eigenvalue weighted by molar-refractivity contribution is 7.89. The summed E-state index contributed by atoms with van der Waals surface area (Å²) in [6.07, 6.45) is -1.10. The number of ether oxygens (including phenoxy) is 1. The van der Waals surface area contributed by atoms with Crippen LogP contribution in [-0.2, 0) is 26.1 Å². The smallest absolute Gasteiger partial charge is 0.338 e. The number of benzene rings is 1. The highest BCUT2D eigenvalue weighted by Gasteiger charge is 2.27. The second-order valence-electron chi connectivity index (χ2n) is 6.08. The van der Waals surface area contributed by atoms with Crippen LogP contribution in [0.4, 0.5) is 4.39 Å². The van der Waals surface area contributed by atoms with Crippen LogP contribution in [0.2, 0.25) is 0 Å². The molecule has 2 aromatic rings. The third-order valence-corrected chi connectivity index (χ3v) is 7.10. The van der Waals surface area contributed by atoms with Crippen molar-refractivity contribution in [1.82, 2.24) is 9.62 Å². The van der Waals surface area contributed by atoms with Crippen LogP contribution >= 0.6 is 11.3 Å². The van der Waals surface area contributed by atoms with Crippen molar-refractivity contribution in [3.05, 3.63) is 52.0 Å². The maximum Gasteiger partial charge on any atom is 0.338 e. The first-order valence-corrected chi connectivity index (χ1v) is 11.3. The molecule has 1 N–H and O–H groups in total. The Labute approximate surface area is 173 Å². The third-order valence-electron chi connectivity index (χ3n) is 4.16. The molecule has 0 aliphatic rings. The van der Waals surface area contributed by atoms with Gasteiger partial charge in [-0.2, -0.15) is 4.31 Å². The fraction of sp³-hybridized carbons (Fsp3) is 0.368. The van der Waals surface area contributed by atoms with Crippen LogP contribution in [-0.4, -0.2) is 43.8 Å². The Balaban J connectivity index is 2.11. The second kappa shape index (κ2) is 9.95. The number of nitrogens with zero attached hydrogens (tertiary/aromatic N) is 1. The molecule has 10 heteroatoms. The summed E-state index contributed by atoms with van der Waals surface area (Å²) >= 11 is 1.48. The molecule has 1 heterocycles. The molecule has 0 bridgehead atoms. The molecule has 1 aromatic heterocycles. The van der Waals surface area contributed by atoms with E-state index in [9.17, 15) is 22.4 Å². The lowest BCUT2D eigenvalue weighted by Gasteiger charge is -2.19. The van der Waals surface area contributed by atoms with Gasteiger partial charge in [0.05, 0.1) is 12.1 Å². The van der Waals surface area contributed by atoms with Crippen LogP contribution < -0.4 is 5.32 Å². The van der Waals surface area contributed by atoms with Crippen LogP contribution in [0.15, 0.2) is 40.6 Å². The van der Waals surface area contributed by atoms with E-state index >= 15 is 0 Å². The van der Waals surface area contributed by atoms with E-state index in [1.807, 2.05) is 17.5 Å². The molecule has 158 valence electrons. The van der Waals surface area contributed by atoms with Gasteiger partial charge in [0.25, 0.3) is 5.91 Å². The van der Waals surface area contributed by atoms with Crippen molar-refractivity contribution in [3.63, 3.8) is 0 Å². The molecule has 0 aliphatic carbocycles. The number of nitrogens with one attached hydrogen (secondary N) is 1. The number of rotatable bonds is 9. The van der Waals surface area contributed by atoms with Crippen molar-refractivity contribution in [2.75, 3.05) is 13.1 Å². The minimum atomic E-state index is -4.09. The van der Waals surface area contributed by atoms with Gasteiger partial charge in [-0.3, -0.25) is 4.79 Å². The van der Waals surface area contributed by atoms with Crippen LogP contribution in [0.5, 0.6) is 0 Å². The summed E-state index contributed by atoms with van der Waals surface area (Å²) in [5.41, 5.74) is -0.157. The molecule has 1 unspecified atom stereocenters. The van der Waals surface area contributed by atoms with Gasteiger partial charge in [-0.15, -0.1) is 11.3 Å². The van der Waals surface area contributed by atoms with Crippen molar-refractivity contribution in [2.24, 2.45) is 0 Å². The van der Waals surface area contributed by atoms with Gasteiger partial charge in [-0.05, 0) is 36.6 Å². The Morgan fingerprint density at radius 2 is 1.93 bits per heavy atom. The van der Waals surface area contributed by atoms with Gasteiger partial charge in [0.15, 0.2) is 6.10 Å². The van der Waals surface area contributed by atoms with Gasteiger partial charge in [0, 0.05) is 18.0 Å². The first-order valence-electron chi connectivity index (χ1n) is 9.01. The van der Waals surface area contributed by atoms with Gasteiger partial charge in [-0.25, -0.2) is 17.6 Å². The van der Waals surface area contributed by atoms with E-state index in [0.717, 1.165) is 27.4 Å². The van der Waals surface area contributed by atoms with E-state index in [2.05, 4.69) is 5.32 Å². The molecule has 1 aromatic carbocycles. The summed E-state index contributed by atoms with van der Waals surface area (Å²) in [7, 11) is -4.09.